The molecule has 0 N–H and O–H groups in total. The molecule has 148 valence electrons. The summed E-state index contributed by atoms with van der Waals surface area (Å²) in [4.78, 5) is 20.2. The number of aromatic nitrogens is 2. The zero-order chi connectivity index (χ0) is 20.4. The first-order valence-corrected chi connectivity index (χ1v) is 10.1. The summed E-state index contributed by atoms with van der Waals surface area (Å²) >= 11 is 1.38. The van der Waals surface area contributed by atoms with E-state index >= 15 is 0 Å². The number of hydrogen-bond donors (Lipinski definition) is 0. The van der Waals surface area contributed by atoms with Crippen LogP contribution < -0.4 is 5.56 Å². The summed E-state index contributed by atoms with van der Waals surface area (Å²) in [7, 11) is 0. The molecule has 4 nitrogen and oxygen atoms in total. The van der Waals surface area contributed by atoms with Gasteiger partial charge < -0.3 is 0 Å². The fourth-order valence-corrected chi connectivity index (χ4v) is 4.15. The summed E-state index contributed by atoms with van der Waals surface area (Å²) in [5.41, 5.74) is 2.99. The van der Waals surface area contributed by atoms with E-state index in [0.29, 0.717) is 29.4 Å². The molecule has 0 amide bonds. The van der Waals surface area contributed by atoms with Crippen LogP contribution in [0.2, 0.25) is 0 Å². The maximum atomic E-state index is 13.2. The van der Waals surface area contributed by atoms with Gasteiger partial charge in [0.2, 0.25) is 0 Å². The molecule has 0 radical (unpaired) electrons. The fraction of sp³-hybridized carbons (Fsp3) is 0.182. The molecule has 0 aliphatic rings. The van der Waals surface area contributed by atoms with Crippen LogP contribution in [-0.2, 0) is 13.1 Å². The van der Waals surface area contributed by atoms with Crippen molar-refractivity contribution < 1.29 is 8.78 Å². The third kappa shape index (κ3) is 4.26. The number of rotatable bonds is 6. The predicted octanol–water partition coefficient (Wildman–Crippen LogP) is 4.72. The van der Waals surface area contributed by atoms with Crippen LogP contribution >= 0.6 is 11.3 Å². The lowest BCUT2D eigenvalue weighted by atomic mass is 10.2. The Balaban J connectivity index is 1.60. The van der Waals surface area contributed by atoms with Crippen molar-refractivity contribution in [1.82, 2.24) is 14.3 Å². The van der Waals surface area contributed by atoms with E-state index in [4.69, 9.17) is 0 Å². The Morgan fingerprint density at radius 1 is 1.00 bits per heavy atom. The molecule has 4 rings (SSSR count). The van der Waals surface area contributed by atoms with Gasteiger partial charge in [-0.2, -0.15) is 0 Å². The Kier molecular flexibility index (Phi) is 5.51. The van der Waals surface area contributed by atoms with Gasteiger partial charge in [0.1, 0.15) is 11.6 Å². The maximum Gasteiger partial charge on any atom is 0.259 e. The summed E-state index contributed by atoms with van der Waals surface area (Å²) in [5.74, 6) is -0.576. The van der Waals surface area contributed by atoms with Crippen molar-refractivity contribution in [3.63, 3.8) is 0 Å². The summed E-state index contributed by atoms with van der Waals surface area (Å²) in [6, 6.07) is 14.0. The van der Waals surface area contributed by atoms with Crippen molar-refractivity contribution in [1.29, 1.82) is 0 Å². The monoisotopic (exact) mass is 411 g/mol. The van der Waals surface area contributed by atoms with Gasteiger partial charge in [0.15, 0.2) is 4.96 Å². The van der Waals surface area contributed by atoms with Gasteiger partial charge in [-0.25, -0.2) is 13.8 Å². The van der Waals surface area contributed by atoms with Crippen LogP contribution in [0.15, 0.2) is 64.8 Å². The van der Waals surface area contributed by atoms with Gasteiger partial charge in [-0.05, 0) is 54.1 Å². The fourth-order valence-electron chi connectivity index (χ4n) is 3.22. The van der Waals surface area contributed by atoms with Crippen molar-refractivity contribution in [2.24, 2.45) is 0 Å². The van der Waals surface area contributed by atoms with Gasteiger partial charge in [0, 0.05) is 24.5 Å². The topological polar surface area (TPSA) is 37.6 Å². The average Bonchev–Trinajstić information content (AvgIpc) is 3.14. The van der Waals surface area contributed by atoms with Crippen molar-refractivity contribution in [3.8, 4) is 11.3 Å². The summed E-state index contributed by atoms with van der Waals surface area (Å²) in [6.45, 7) is 3.96. The third-order valence-electron chi connectivity index (χ3n) is 4.75. The molecule has 0 aliphatic carbocycles. The molecule has 7 heteroatoms. The van der Waals surface area contributed by atoms with Gasteiger partial charge in [0.05, 0.1) is 11.4 Å². The van der Waals surface area contributed by atoms with E-state index < -0.39 is 0 Å². The molecule has 0 saturated heterocycles. The Hall–Kier alpha value is -2.90. The van der Waals surface area contributed by atoms with Gasteiger partial charge in [-0.1, -0.05) is 19.1 Å². The number of fused-ring (bicyclic) bond motifs is 1. The molecule has 2 aromatic carbocycles. The number of hydrogen-bond acceptors (Lipinski definition) is 4. The molecular formula is C22H19F2N3OS. The van der Waals surface area contributed by atoms with E-state index in [1.807, 2.05) is 12.3 Å². The van der Waals surface area contributed by atoms with Crippen LogP contribution in [0.25, 0.3) is 16.2 Å². The molecular weight excluding hydrogens is 392 g/mol. The molecule has 2 aromatic heterocycles. The summed E-state index contributed by atoms with van der Waals surface area (Å²) in [6.07, 6.45) is 0. The van der Waals surface area contributed by atoms with Crippen molar-refractivity contribution >= 4 is 16.3 Å². The van der Waals surface area contributed by atoms with Gasteiger partial charge in [-0.15, -0.1) is 11.3 Å². The highest BCUT2D eigenvalue weighted by molar-refractivity contribution is 7.15. The van der Waals surface area contributed by atoms with E-state index in [2.05, 4.69) is 9.88 Å². The number of thiazole rings is 1. The highest BCUT2D eigenvalue weighted by Gasteiger charge is 2.13. The minimum atomic E-state index is -0.318. The Labute approximate surface area is 170 Å². The molecule has 2 heterocycles. The first kappa shape index (κ1) is 19.4. The number of benzene rings is 2. The summed E-state index contributed by atoms with van der Waals surface area (Å²) < 4.78 is 27.9. The first-order chi connectivity index (χ1) is 14.0. The quantitative estimate of drug-likeness (QED) is 0.461. The predicted molar refractivity (Wildman–Crippen MR) is 111 cm³/mol. The van der Waals surface area contributed by atoms with Crippen molar-refractivity contribution in [2.75, 3.05) is 6.54 Å². The Bertz CT molecular complexity index is 1180. The minimum absolute atomic E-state index is 0.164. The van der Waals surface area contributed by atoms with E-state index in [9.17, 15) is 13.6 Å². The number of halogens is 2. The maximum absolute atomic E-state index is 13.2. The molecule has 0 atom stereocenters. The Morgan fingerprint density at radius 3 is 2.31 bits per heavy atom. The van der Waals surface area contributed by atoms with Crippen molar-refractivity contribution in [2.45, 2.75) is 20.0 Å². The molecule has 0 spiro atoms. The van der Waals surface area contributed by atoms with Gasteiger partial charge >= 0.3 is 0 Å². The zero-order valence-corrected chi connectivity index (χ0v) is 16.6. The minimum Gasteiger partial charge on any atom is -0.294 e. The Morgan fingerprint density at radius 2 is 1.66 bits per heavy atom. The molecule has 0 bridgehead atoms. The van der Waals surface area contributed by atoms with Crippen LogP contribution in [0.4, 0.5) is 8.78 Å². The molecule has 0 fully saturated rings. The lowest BCUT2D eigenvalue weighted by Gasteiger charge is -2.20. The molecule has 4 aromatic rings. The second-order valence-electron chi connectivity index (χ2n) is 6.76. The third-order valence-corrected chi connectivity index (χ3v) is 5.58. The van der Waals surface area contributed by atoms with Crippen LogP contribution in [0, 0.1) is 11.6 Å². The normalized spacial score (nSPS) is 11.4. The zero-order valence-electron chi connectivity index (χ0n) is 15.8. The lowest BCUT2D eigenvalue weighted by Crippen LogP contribution is -2.25. The highest BCUT2D eigenvalue weighted by atomic mass is 32.1. The van der Waals surface area contributed by atoms with Gasteiger partial charge in [0.25, 0.3) is 5.56 Å². The first-order valence-electron chi connectivity index (χ1n) is 9.26. The molecule has 0 unspecified atom stereocenters. The van der Waals surface area contributed by atoms with Crippen molar-refractivity contribution in [3.05, 3.63) is 93.2 Å². The van der Waals surface area contributed by atoms with E-state index in [0.717, 1.165) is 17.7 Å². The van der Waals surface area contributed by atoms with E-state index in [-0.39, 0.29) is 17.2 Å². The average molecular weight is 411 g/mol. The SMILES string of the molecule is CCN(Cc1ccc(F)cc1)Cc1cc(=O)n2c(-c3ccc(F)cc3)csc2n1. The lowest BCUT2D eigenvalue weighted by molar-refractivity contribution is 0.268. The highest BCUT2D eigenvalue weighted by Crippen LogP contribution is 2.24. The number of nitrogens with zero attached hydrogens (tertiary/aromatic N) is 3. The molecule has 29 heavy (non-hydrogen) atoms. The smallest absolute Gasteiger partial charge is 0.259 e. The van der Waals surface area contributed by atoms with Crippen LogP contribution in [0.1, 0.15) is 18.2 Å². The molecule has 0 saturated carbocycles. The van der Waals surface area contributed by atoms with E-state index in [1.165, 1.54) is 35.6 Å². The van der Waals surface area contributed by atoms with Crippen LogP contribution in [-0.4, -0.2) is 20.8 Å². The second kappa shape index (κ2) is 8.23. The standard InChI is InChI=1S/C22H19F2N3OS/c1-2-26(12-15-3-7-17(23)8-4-15)13-19-11-21(28)27-20(14-29-22(27)25-19)16-5-9-18(24)10-6-16/h3-11,14H,2,12-13H2,1H3. The summed E-state index contributed by atoms with van der Waals surface area (Å²) in [5, 5.41) is 1.86. The van der Waals surface area contributed by atoms with Crippen LogP contribution in [0.3, 0.4) is 0 Å². The van der Waals surface area contributed by atoms with E-state index in [1.54, 1.807) is 34.7 Å². The van der Waals surface area contributed by atoms with Crippen LogP contribution in [0.5, 0.6) is 0 Å². The largest absolute Gasteiger partial charge is 0.294 e. The second-order valence-corrected chi connectivity index (χ2v) is 7.60. The molecule has 0 aliphatic heterocycles. The van der Waals surface area contributed by atoms with Gasteiger partial charge in [-0.3, -0.25) is 14.1 Å².